The lowest BCUT2D eigenvalue weighted by atomic mass is 9.98. The first-order valence-corrected chi connectivity index (χ1v) is 50.6. The number of hydrogen-bond acceptors (Lipinski definition) is 17. The molecule has 8 heterocycles. The van der Waals surface area contributed by atoms with Crippen molar-refractivity contribution in [3.8, 4) is 50.6 Å². The number of methoxy groups -OCH3 is 3. The summed E-state index contributed by atoms with van der Waals surface area (Å²) in [5.74, 6) is -0.791. The van der Waals surface area contributed by atoms with Crippen LogP contribution >= 0.6 is 222 Å². The third-order valence-corrected chi connectivity index (χ3v) is 28.0. The van der Waals surface area contributed by atoms with Gasteiger partial charge in [0.25, 0.3) is 5.79 Å². The molecule has 5 aromatic heterocycles. The van der Waals surface area contributed by atoms with Crippen LogP contribution in [0.3, 0.4) is 0 Å². The summed E-state index contributed by atoms with van der Waals surface area (Å²) in [7, 11) is 5.00. The van der Waals surface area contributed by atoms with E-state index in [1.165, 1.54) is 31.3 Å². The molecule has 3 aliphatic heterocycles. The van der Waals surface area contributed by atoms with Crippen LogP contribution in [0.2, 0.25) is 35.2 Å². The van der Waals surface area contributed by atoms with Crippen LogP contribution in [0, 0.1) is 19.6 Å². The van der Waals surface area contributed by atoms with Gasteiger partial charge in [-0.1, -0.05) is 152 Å². The number of morpholine rings is 2. The summed E-state index contributed by atoms with van der Waals surface area (Å²) >= 11 is 66.4. The number of nitrogens with one attached hydrogen (secondary N) is 2. The number of carbonyl (C=O) groups is 2. The molecule has 134 heavy (non-hydrogen) atoms. The second kappa shape index (κ2) is 47.8. The first kappa shape index (κ1) is 105. The zero-order valence-electron chi connectivity index (χ0n) is 72.7. The number of nitrogen functional groups attached to an aromatic ring is 1. The predicted octanol–water partition coefficient (Wildman–Crippen LogP) is 30.3. The standard InChI is InChI=1S/C29H26ClN3O2.C22H22BrClN2O2.C14H14BrClO4.C10H6BrClINO.C9H4BrClINO.C9H5BrClNO.C6H5BrClN/c1-18-16-33(17-19(2)35-18)24-11-7-21(8-12-24)27-15-32-28-25(20-5-9-23(31-3)10-6-20)13-22(30)14-26(28)29(27)34-4;1-13-11-26(12-14(2)28-13)17-6-4-15(5-7-17)19-10-25-21-18(22(19)27-3)8-16(24)9-20(21)23;1-14(2)19-12(17)10(13(18)20-14)6-4-8-3-5-9(16)7-11(8)15;1-15-10-6-2-5(12)3-7(11)9(6)14-4-8(10)13;10-6-2-4(11)1-5-8(6)13-3-7(12)9(5)14;10-7-4-5(11)3-6-8(13)1-2-12-9(6)7;7-5-3-4(8)1-2-6(5)9/h5-15,18-19H,16-17H2,1-2,4H3;4-10,13-14H,11-12H2,1-3H3;3,5,7,10H,4,6H2,1-2H3;2-4H,1H3;1-3H,(H,13,14);1-4H,(H,12,13);1-3H,9H2. The van der Waals surface area contributed by atoms with E-state index in [9.17, 15) is 19.2 Å². The minimum atomic E-state index is -1.18. The molecule has 0 spiro atoms. The van der Waals surface area contributed by atoms with Gasteiger partial charge in [-0.3, -0.25) is 34.1 Å². The molecule has 4 unspecified atom stereocenters. The maximum Gasteiger partial charge on any atom is 0.323 e. The number of nitrogens with two attached hydrogens (primary N) is 1. The fraction of sp³-hybridized carbons (Fsp3) is 0.212. The van der Waals surface area contributed by atoms with Crippen LogP contribution in [0.4, 0.5) is 22.7 Å². The predicted molar refractivity (Wildman–Crippen MR) is 583 cm³/mol. The van der Waals surface area contributed by atoms with Gasteiger partial charge in [0.2, 0.25) is 5.43 Å². The Balaban J connectivity index is 0.000000147. The van der Waals surface area contributed by atoms with E-state index in [2.05, 4.69) is 229 Å². The van der Waals surface area contributed by atoms with E-state index in [-0.39, 0.29) is 35.3 Å². The van der Waals surface area contributed by atoms with Crippen LogP contribution in [0.25, 0.3) is 92.7 Å². The Hall–Kier alpha value is -7.63. The van der Waals surface area contributed by atoms with Crippen molar-refractivity contribution < 1.29 is 42.7 Å². The SMILES string of the molecule is CC1(C)OC(=O)C(CCc2ccc(Cl)cc2Br)C(=O)O1.COc1c(-c2ccc(N3CC(C)OC(C)C3)cc2)cnc2c(Br)cc(Cl)cc12.COc1c(I)cnc2c(Br)cc(Cl)cc12.Nc1ccc(Cl)cc1Br.O=c1c(I)c[nH]c2c(Br)cc(Cl)cc12.O=c1cc[nH]c2c(Br)cc(Cl)cc12.[C-]#[N+]c1ccc(-c2cc(Cl)cc3c(OC)c(-c4ccc(N5CC(C)OC(C)C5)cc4)cnc23)cc1. The molecule has 35 heteroatoms. The number of aryl methyl sites for hydroxylation is 1. The molecular formula is C99H82Br6Cl7I2N9O11. The Kier molecular flexibility index (Phi) is 37.6. The molecule has 0 saturated carbocycles. The van der Waals surface area contributed by atoms with Crippen molar-refractivity contribution in [3.63, 3.8) is 0 Å². The van der Waals surface area contributed by atoms with Crippen molar-refractivity contribution in [2.24, 2.45) is 5.92 Å². The maximum absolute atomic E-state index is 11.8. The number of hydrogen-bond donors (Lipinski definition) is 3. The van der Waals surface area contributed by atoms with Crippen molar-refractivity contribution >= 4 is 311 Å². The number of fused-ring (bicyclic) bond motifs is 5. The normalized spacial score (nSPS) is 15.6. The van der Waals surface area contributed by atoms with Gasteiger partial charge in [0.05, 0.1) is 87.0 Å². The Labute approximate surface area is 886 Å². The summed E-state index contributed by atoms with van der Waals surface area (Å²) in [4.78, 5) is 74.8. The molecule has 694 valence electrons. The topological polar surface area (TPSA) is 240 Å². The summed E-state index contributed by atoms with van der Waals surface area (Å²) in [6.45, 7) is 22.3. The van der Waals surface area contributed by atoms with E-state index in [1.807, 2.05) is 89.6 Å². The Morgan fingerprint density at radius 2 is 0.866 bits per heavy atom. The second-order valence-electron chi connectivity index (χ2n) is 31.2. The van der Waals surface area contributed by atoms with Crippen LogP contribution in [-0.2, 0) is 35.0 Å². The van der Waals surface area contributed by atoms with Gasteiger partial charge >= 0.3 is 11.9 Å². The molecule has 3 fully saturated rings. The van der Waals surface area contributed by atoms with Gasteiger partial charge in [-0.05, 0) is 303 Å². The van der Waals surface area contributed by atoms with E-state index in [4.69, 9.17) is 132 Å². The number of ether oxygens (including phenoxy) is 7. The molecule has 0 amide bonds. The molecule has 10 aromatic carbocycles. The summed E-state index contributed by atoms with van der Waals surface area (Å²) in [5, 5.41) is 8.19. The van der Waals surface area contributed by atoms with Gasteiger partial charge in [-0.25, -0.2) is 4.85 Å². The lowest BCUT2D eigenvalue weighted by Crippen LogP contribution is -2.46. The van der Waals surface area contributed by atoms with Gasteiger partial charge in [0.15, 0.2) is 17.0 Å². The highest BCUT2D eigenvalue weighted by Gasteiger charge is 2.43. The molecule has 3 saturated heterocycles. The molecule has 4 N–H and O–H groups in total. The minimum Gasteiger partial charge on any atom is -0.495 e. The molecule has 0 aliphatic carbocycles. The molecule has 0 radical (unpaired) electrons. The first-order chi connectivity index (χ1) is 63.8. The highest BCUT2D eigenvalue weighted by Crippen LogP contribution is 2.45. The van der Waals surface area contributed by atoms with E-state index in [1.54, 1.807) is 107 Å². The van der Waals surface area contributed by atoms with Crippen molar-refractivity contribution in [1.29, 1.82) is 0 Å². The Morgan fingerprint density at radius 3 is 1.34 bits per heavy atom. The number of anilines is 3. The van der Waals surface area contributed by atoms with Crippen LogP contribution in [0.5, 0.6) is 17.2 Å². The number of aromatic nitrogens is 5. The molecule has 20 nitrogen and oxygen atoms in total. The molecule has 3 aliphatic rings. The quantitative estimate of drug-likeness (QED) is 0.0358. The van der Waals surface area contributed by atoms with Gasteiger partial charge in [0.1, 0.15) is 17.2 Å². The number of cyclic esters (lactones) is 2. The van der Waals surface area contributed by atoms with E-state index in [0.717, 1.165) is 157 Å². The molecule has 0 bridgehead atoms. The molecule has 15 aromatic rings. The zero-order valence-corrected chi connectivity index (χ0v) is 91.8. The largest absolute Gasteiger partial charge is 0.495 e. The van der Waals surface area contributed by atoms with Crippen LogP contribution in [0.1, 0.15) is 53.5 Å². The lowest BCUT2D eigenvalue weighted by Gasteiger charge is -2.36. The van der Waals surface area contributed by atoms with Crippen molar-refractivity contribution in [2.75, 3.05) is 63.0 Å². The number of carbonyl (C=O) groups excluding carboxylic acids is 2. The van der Waals surface area contributed by atoms with Gasteiger partial charge in [-0.15, -0.1) is 0 Å². The first-order valence-electron chi connectivity index (χ1n) is 41.0. The van der Waals surface area contributed by atoms with E-state index in [0.29, 0.717) is 73.7 Å². The number of aromatic amines is 2. The van der Waals surface area contributed by atoms with E-state index >= 15 is 0 Å². The second-order valence-corrected chi connectivity index (χ2v) is 41.7. The number of halogens is 15. The molecular weight excluding hydrogens is 2470 g/mol. The highest BCUT2D eigenvalue weighted by molar-refractivity contribution is 14.1. The van der Waals surface area contributed by atoms with Crippen molar-refractivity contribution in [1.82, 2.24) is 24.9 Å². The number of benzene rings is 10. The van der Waals surface area contributed by atoms with Crippen LogP contribution in [0.15, 0.2) is 243 Å². The summed E-state index contributed by atoms with van der Waals surface area (Å²) in [6.07, 6.45) is 10.6. The fourth-order valence-electron chi connectivity index (χ4n) is 15.0. The Morgan fingerprint density at radius 1 is 0.463 bits per heavy atom. The fourth-order valence-corrected chi connectivity index (χ4v) is 21.6. The average Bonchev–Trinajstić information content (AvgIpc) is 0.757. The van der Waals surface area contributed by atoms with Gasteiger partial charge < -0.3 is 58.7 Å². The summed E-state index contributed by atoms with van der Waals surface area (Å²) in [6, 6.07) is 54.7. The van der Waals surface area contributed by atoms with Crippen molar-refractivity contribution in [2.45, 2.75) is 84.6 Å². The van der Waals surface area contributed by atoms with E-state index < -0.39 is 23.6 Å². The van der Waals surface area contributed by atoms with Gasteiger partial charge in [-0.2, -0.15) is 0 Å². The average molecular weight is 2560 g/mol. The third kappa shape index (κ3) is 26.9. The van der Waals surface area contributed by atoms with Crippen LogP contribution in [-0.4, -0.2) is 115 Å². The Bertz CT molecular complexity index is 7020. The van der Waals surface area contributed by atoms with Gasteiger partial charge in [0, 0.05) is 200 Å². The summed E-state index contributed by atoms with van der Waals surface area (Å²) in [5.41, 5.74) is 19.9. The lowest BCUT2D eigenvalue weighted by molar-refractivity contribution is -0.240. The number of esters is 2. The number of H-pyrrole nitrogens is 2. The maximum atomic E-state index is 11.8. The zero-order chi connectivity index (χ0) is 96.8. The number of nitrogens with zero attached hydrogens (tertiary/aromatic N) is 6. The van der Waals surface area contributed by atoms with Crippen molar-refractivity contribution in [3.05, 3.63) is 313 Å². The number of rotatable bonds is 11. The third-order valence-electron chi connectivity index (χ3n) is 21.0. The summed E-state index contributed by atoms with van der Waals surface area (Å²) < 4.78 is 45.5. The van der Waals surface area contributed by atoms with Crippen LogP contribution < -0.4 is 40.6 Å². The smallest absolute Gasteiger partial charge is 0.323 e. The molecule has 18 rings (SSSR count). The monoisotopic (exact) mass is 2540 g/mol. The number of pyridine rings is 5. The molecule has 4 atom stereocenters. The highest BCUT2D eigenvalue weighted by atomic mass is 127. The minimum absolute atomic E-state index is 0.00236.